The van der Waals surface area contributed by atoms with E-state index in [0.717, 1.165) is 0 Å². The average Bonchev–Trinajstić information content (AvgIpc) is 3.12. The van der Waals surface area contributed by atoms with Gasteiger partial charge < -0.3 is 29.5 Å². The first kappa shape index (κ1) is 39.4. The van der Waals surface area contributed by atoms with Crippen LogP contribution in [-0.2, 0) is 33.0 Å². The lowest BCUT2D eigenvalue weighted by molar-refractivity contribution is -0.143. The van der Waals surface area contributed by atoms with Crippen molar-refractivity contribution in [2.75, 3.05) is 55.1 Å². The van der Waals surface area contributed by atoms with Gasteiger partial charge in [-0.25, -0.2) is 14.8 Å². The van der Waals surface area contributed by atoms with Crippen LogP contribution >= 0.6 is 0 Å². The second kappa shape index (κ2) is 16.9. The predicted octanol–water partition coefficient (Wildman–Crippen LogP) is 7.87. The number of hydrogen-bond donors (Lipinski definition) is 2. The van der Waals surface area contributed by atoms with Crippen LogP contribution in [0.3, 0.4) is 0 Å². The Kier molecular flexibility index (Phi) is 12.6. The molecule has 1 fully saturated rings. The van der Waals surface area contributed by atoms with E-state index in [1.54, 1.807) is 24.4 Å². The highest BCUT2D eigenvalue weighted by Gasteiger charge is 2.39. The predicted molar refractivity (Wildman–Crippen MR) is 182 cm³/mol. The van der Waals surface area contributed by atoms with Gasteiger partial charge in [-0.2, -0.15) is 26.3 Å². The van der Waals surface area contributed by atoms with E-state index in [1.807, 2.05) is 11.8 Å². The average molecular weight is 754 g/mol. The van der Waals surface area contributed by atoms with Gasteiger partial charge in [0, 0.05) is 43.6 Å². The molecule has 2 aromatic heterocycles. The number of carboxylic acid groups (broad SMARTS) is 1. The second-order valence-electron chi connectivity index (χ2n) is 12.8. The minimum absolute atomic E-state index is 0.0221. The van der Waals surface area contributed by atoms with E-state index < -0.39 is 47.6 Å². The quantitative estimate of drug-likeness (QED) is 0.132. The zero-order valence-corrected chi connectivity index (χ0v) is 29.2. The molecular formula is C36H41F6N5O6. The summed E-state index contributed by atoms with van der Waals surface area (Å²) in [6.45, 7) is 3.88. The van der Waals surface area contributed by atoms with Crippen LogP contribution in [-0.4, -0.2) is 73.2 Å². The van der Waals surface area contributed by atoms with Crippen LogP contribution in [0.15, 0.2) is 42.6 Å². The highest BCUT2D eigenvalue weighted by molar-refractivity contribution is 5.90. The molecule has 1 saturated heterocycles. The Balaban J connectivity index is 1.49. The van der Waals surface area contributed by atoms with Crippen molar-refractivity contribution in [3.05, 3.63) is 70.5 Å². The van der Waals surface area contributed by atoms with Gasteiger partial charge in [-0.05, 0) is 68.0 Å². The summed E-state index contributed by atoms with van der Waals surface area (Å²) in [6, 6.07) is 5.48. The van der Waals surface area contributed by atoms with Crippen LogP contribution in [0.1, 0.15) is 79.4 Å². The summed E-state index contributed by atoms with van der Waals surface area (Å²) >= 11 is 0. The molecule has 2 N–H and O–H groups in total. The molecule has 2 aliphatic heterocycles. The molecule has 3 aromatic rings. The zero-order chi connectivity index (χ0) is 38.3. The lowest BCUT2D eigenvalue weighted by Gasteiger charge is -2.39. The minimum Gasteiger partial charge on any atom is -0.481 e. The van der Waals surface area contributed by atoms with Crippen molar-refractivity contribution in [2.24, 2.45) is 0 Å². The van der Waals surface area contributed by atoms with Gasteiger partial charge in [0.05, 0.1) is 67.4 Å². The van der Waals surface area contributed by atoms with Crippen molar-refractivity contribution in [3.8, 4) is 5.88 Å². The number of ether oxygens (including phenoxy) is 3. The first-order valence-electron chi connectivity index (χ1n) is 17.3. The SMILES string of the molecule is CC[C@@H]1C[C@H](Nc2ncc(N3CCOCC3)cc2Cc2cc(C(F)(F)F)cc(C(F)(F)F)c2)c2nc(OC)ccc2N1C(=O)OCCCCCC(=O)O. The third-order valence-electron chi connectivity index (χ3n) is 9.16. The molecule has 0 aliphatic carbocycles. The molecule has 0 spiro atoms. The van der Waals surface area contributed by atoms with E-state index in [2.05, 4.69) is 15.3 Å². The number of halogens is 6. The van der Waals surface area contributed by atoms with Crippen molar-refractivity contribution >= 4 is 29.3 Å². The number of nitrogens with zero attached hydrogens (tertiary/aromatic N) is 4. The van der Waals surface area contributed by atoms with Gasteiger partial charge in [0.1, 0.15) is 5.82 Å². The fourth-order valence-corrected chi connectivity index (χ4v) is 6.48. The van der Waals surface area contributed by atoms with Crippen molar-refractivity contribution in [2.45, 2.75) is 76.3 Å². The van der Waals surface area contributed by atoms with Crippen molar-refractivity contribution in [1.29, 1.82) is 0 Å². The van der Waals surface area contributed by atoms with E-state index in [-0.39, 0.29) is 42.8 Å². The zero-order valence-electron chi connectivity index (χ0n) is 29.2. The largest absolute Gasteiger partial charge is 0.481 e. The summed E-state index contributed by atoms with van der Waals surface area (Å²) in [4.78, 5) is 37.0. The van der Waals surface area contributed by atoms with Crippen LogP contribution < -0.4 is 19.9 Å². The number of amides is 1. The van der Waals surface area contributed by atoms with Gasteiger partial charge in [-0.3, -0.25) is 9.69 Å². The topological polar surface area (TPSA) is 126 Å². The van der Waals surface area contributed by atoms with Gasteiger partial charge in [-0.1, -0.05) is 6.92 Å². The standard InChI is InChI=1S/C36H41F6N5O6/c1-3-26-20-28(32-29(8-9-30(45-32)51-2)47(26)34(50)53-12-6-4-5-7-31(48)49)44-33-23(18-27(21-43-33)46-10-13-52-14-11-46)15-22-16-24(35(37,38)39)19-25(17-22)36(40,41)42/h8-9,16-19,21,26,28H,3-7,10-15,20H2,1-2H3,(H,43,44)(H,48,49)/t26-,28+/m1/s1. The number of methoxy groups -OCH3 is 1. The van der Waals surface area contributed by atoms with Gasteiger partial charge in [-0.15, -0.1) is 0 Å². The third kappa shape index (κ3) is 10.00. The fraction of sp³-hybridized carbons (Fsp3) is 0.500. The van der Waals surface area contributed by atoms with Gasteiger partial charge in [0.15, 0.2) is 0 Å². The van der Waals surface area contributed by atoms with Crippen LogP contribution in [0.4, 0.5) is 48.3 Å². The third-order valence-corrected chi connectivity index (χ3v) is 9.16. The Hall–Kier alpha value is -4.80. The number of benzene rings is 1. The molecule has 2 aliphatic rings. The molecular weight excluding hydrogens is 712 g/mol. The van der Waals surface area contributed by atoms with Crippen LogP contribution in [0.5, 0.6) is 5.88 Å². The Bertz CT molecular complexity index is 1720. The molecule has 2 atom stereocenters. The Morgan fingerprint density at radius 2 is 1.70 bits per heavy atom. The maximum Gasteiger partial charge on any atom is 0.416 e. The van der Waals surface area contributed by atoms with Crippen molar-refractivity contribution in [1.82, 2.24) is 9.97 Å². The number of fused-ring (bicyclic) bond motifs is 1. The number of carbonyl (C=O) groups excluding carboxylic acids is 1. The Morgan fingerprint density at radius 1 is 1.00 bits per heavy atom. The monoisotopic (exact) mass is 753 g/mol. The van der Waals surface area contributed by atoms with E-state index in [9.17, 15) is 35.9 Å². The molecule has 0 bridgehead atoms. The number of hydrogen-bond acceptors (Lipinski definition) is 9. The smallest absolute Gasteiger partial charge is 0.416 e. The normalized spacial score (nSPS) is 17.7. The van der Waals surface area contributed by atoms with Gasteiger partial charge >= 0.3 is 24.4 Å². The van der Waals surface area contributed by atoms with Gasteiger partial charge in [0.2, 0.25) is 5.88 Å². The van der Waals surface area contributed by atoms with Crippen LogP contribution in [0.25, 0.3) is 0 Å². The number of rotatable bonds is 13. The molecule has 288 valence electrons. The number of unbranched alkanes of at least 4 members (excludes halogenated alkanes) is 2. The van der Waals surface area contributed by atoms with Crippen LogP contribution in [0, 0.1) is 0 Å². The number of pyridine rings is 2. The number of carboxylic acids is 1. The number of carbonyl (C=O) groups is 2. The van der Waals surface area contributed by atoms with Crippen molar-refractivity contribution in [3.63, 3.8) is 0 Å². The maximum absolute atomic E-state index is 13.8. The summed E-state index contributed by atoms with van der Waals surface area (Å²) in [7, 11) is 1.43. The molecule has 0 radical (unpaired) electrons. The van der Waals surface area contributed by atoms with E-state index in [0.29, 0.717) is 93.2 Å². The number of anilines is 3. The molecule has 0 unspecified atom stereocenters. The molecule has 1 aromatic carbocycles. The number of morpholine rings is 1. The van der Waals surface area contributed by atoms with E-state index in [1.165, 1.54) is 12.0 Å². The van der Waals surface area contributed by atoms with E-state index >= 15 is 0 Å². The first-order chi connectivity index (χ1) is 25.2. The number of nitrogens with one attached hydrogen (secondary N) is 1. The highest BCUT2D eigenvalue weighted by Crippen LogP contribution is 2.42. The summed E-state index contributed by atoms with van der Waals surface area (Å²) in [5.74, 6) is -0.428. The summed E-state index contributed by atoms with van der Waals surface area (Å²) in [5, 5.41) is 12.2. The lowest BCUT2D eigenvalue weighted by Crippen LogP contribution is -2.46. The summed E-state index contributed by atoms with van der Waals surface area (Å²) in [5.41, 5.74) is -1.22. The molecule has 1 amide bonds. The highest BCUT2D eigenvalue weighted by atomic mass is 19.4. The van der Waals surface area contributed by atoms with E-state index in [4.69, 9.17) is 19.3 Å². The van der Waals surface area contributed by atoms with Crippen molar-refractivity contribution < 1.29 is 55.2 Å². The molecule has 4 heterocycles. The van der Waals surface area contributed by atoms with Gasteiger partial charge in [0.25, 0.3) is 0 Å². The fourth-order valence-electron chi connectivity index (χ4n) is 6.48. The first-order valence-corrected chi connectivity index (χ1v) is 17.3. The Morgan fingerprint density at radius 3 is 2.32 bits per heavy atom. The Labute approximate surface area is 302 Å². The summed E-state index contributed by atoms with van der Waals surface area (Å²) in [6.07, 6.45) is -7.04. The second-order valence-corrected chi connectivity index (χ2v) is 12.8. The summed E-state index contributed by atoms with van der Waals surface area (Å²) < 4.78 is 99.2. The maximum atomic E-state index is 13.8. The molecule has 17 heteroatoms. The number of aromatic nitrogens is 2. The molecule has 11 nitrogen and oxygen atoms in total. The number of alkyl halides is 6. The number of aliphatic carboxylic acids is 1. The molecule has 53 heavy (non-hydrogen) atoms. The molecule has 5 rings (SSSR count). The lowest BCUT2D eigenvalue weighted by atomic mass is 9.93. The molecule has 0 saturated carbocycles. The minimum atomic E-state index is -5.01. The van der Waals surface area contributed by atoms with Crippen LogP contribution in [0.2, 0.25) is 0 Å².